The Morgan fingerprint density at radius 3 is 1.79 bits per heavy atom. The van der Waals surface area contributed by atoms with Gasteiger partial charge in [-0.25, -0.2) is 0 Å². The van der Waals surface area contributed by atoms with Gasteiger partial charge in [-0.3, -0.25) is 9.78 Å². The molecule has 0 amide bonds. The second-order valence-corrected chi connectivity index (χ2v) is 6.90. The van der Waals surface area contributed by atoms with Crippen LogP contribution in [0.3, 0.4) is 0 Å². The number of carbonyl (C=O) groups is 1. The minimum atomic E-state index is 0.0377. The lowest BCUT2D eigenvalue weighted by Gasteiger charge is -2.18. The van der Waals surface area contributed by atoms with Crippen LogP contribution in [0.5, 0.6) is 0 Å². The van der Waals surface area contributed by atoms with E-state index in [2.05, 4.69) is 67.7 Å². The number of allylic oxidation sites excluding steroid dienone is 1. The Labute approximate surface area is 172 Å². The smallest absolute Gasteiger partial charge is 0.161 e. The summed E-state index contributed by atoms with van der Waals surface area (Å²) >= 11 is 0. The van der Waals surface area contributed by atoms with E-state index in [1.165, 1.54) is 12.5 Å². The molecule has 3 heteroatoms. The summed E-state index contributed by atoms with van der Waals surface area (Å²) < 4.78 is 0. The number of pyridine rings is 1. The number of ketones is 1. The first-order valence-corrected chi connectivity index (χ1v) is 9.68. The average molecular weight is 383 g/mol. The fourth-order valence-corrected chi connectivity index (χ4v) is 1.79. The topological polar surface area (TPSA) is 42.3 Å². The van der Waals surface area contributed by atoms with Crippen LogP contribution in [0.1, 0.15) is 77.0 Å². The zero-order valence-corrected chi connectivity index (χ0v) is 19.2. The Hall–Kier alpha value is -2.55. The van der Waals surface area contributed by atoms with Crippen LogP contribution >= 0.6 is 0 Å². The molecule has 0 bridgehead atoms. The third kappa shape index (κ3) is 12.7. The average Bonchev–Trinajstić information content (AvgIpc) is 2.70. The normalized spacial score (nSPS) is 9.75. The summed E-state index contributed by atoms with van der Waals surface area (Å²) in [6.45, 7) is 19.7. The summed E-state index contributed by atoms with van der Waals surface area (Å²) in [5.41, 5.74) is 4.07. The highest BCUT2D eigenvalue weighted by atomic mass is 16.1. The zero-order valence-electron chi connectivity index (χ0n) is 19.2. The maximum absolute atomic E-state index is 10.9. The molecule has 0 aliphatic carbocycles. The molecule has 0 radical (unpaired) electrons. The lowest BCUT2D eigenvalue weighted by molar-refractivity contribution is 0.101. The van der Waals surface area contributed by atoms with E-state index in [9.17, 15) is 4.79 Å². The molecule has 154 valence electrons. The zero-order chi connectivity index (χ0) is 22.2. The van der Waals surface area contributed by atoms with Crippen molar-refractivity contribution in [2.75, 3.05) is 7.05 Å². The number of Topliss-reactive ketones (excluding diaryl/α,β-unsaturated/α-hetero) is 1. The van der Waals surface area contributed by atoms with Gasteiger partial charge in [0.2, 0.25) is 0 Å². The van der Waals surface area contributed by atoms with Gasteiger partial charge in [-0.1, -0.05) is 71.5 Å². The summed E-state index contributed by atoms with van der Waals surface area (Å²) in [6, 6.07) is 14.1. The van der Waals surface area contributed by atoms with Gasteiger partial charge in [-0.2, -0.15) is 0 Å². The molecular weight excluding hydrogens is 344 g/mol. The predicted molar refractivity (Wildman–Crippen MR) is 126 cm³/mol. The predicted octanol–water partition coefficient (Wildman–Crippen LogP) is 7.03. The summed E-state index contributed by atoms with van der Waals surface area (Å²) in [7, 11) is 1.75. The number of carbonyl (C=O) groups excluding carboxylic acids is 1. The van der Waals surface area contributed by atoms with E-state index in [0.717, 1.165) is 11.3 Å². The molecule has 0 atom stereocenters. The van der Waals surface area contributed by atoms with Crippen LogP contribution in [0.25, 0.3) is 5.57 Å². The largest absolute Gasteiger partial charge is 0.301 e. The first-order chi connectivity index (χ1) is 13.1. The Balaban J connectivity index is 0. The number of nitrogens with zero attached hydrogens (tertiary/aromatic N) is 2. The monoisotopic (exact) mass is 382 g/mol. The van der Waals surface area contributed by atoms with Crippen molar-refractivity contribution >= 4 is 17.6 Å². The molecule has 2 aromatic rings. The minimum absolute atomic E-state index is 0.0377. The van der Waals surface area contributed by atoms with Crippen molar-refractivity contribution in [1.82, 2.24) is 4.98 Å². The van der Waals surface area contributed by atoms with E-state index in [1.807, 2.05) is 27.7 Å². The molecule has 1 heterocycles. The number of benzene rings is 1. The Morgan fingerprint density at radius 1 is 1.04 bits per heavy atom. The molecule has 0 saturated carbocycles. The van der Waals surface area contributed by atoms with Crippen LogP contribution in [0.4, 0.5) is 0 Å². The highest BCUT2D eigenvalue weighted by Gasteiger charge is 2.11. The third-order valence-corrected chi connectivity index (χ3v) is 3.51. The Kier molecular flexibility index (Phi) is 15.3. The van der Waals surface area contributed by atoms with Gasteiger partial charge >= 0.3 is 0 Å². The summed E-state index contributed by atoms with van der Waals surface area (Å²) in [6.07, 6.45) is 3.33. The number of hydrogen-bond donors (Lipinski definition) is 0. The fourth-order valence-electron chi connectivity index (χ4n) is 1.79. The van der Waals surface area contributed by atoms with Crippen molar-refractivity contribution in [3.63, 3.8) is 0 Å². The van der Waals surface area contributed by atoms with E-state index in [4.69, 9.17) is 0 Å². The standard InChI is InChI=1S/C10H11NO.C10H14.C3H7N.C2H6/c1-7(2)10-5-4-9(6-11-10)8(3)12;1-10(2,3)9-7-5-4-6-8-9;1-3-4-2;1-2/h4-6H,1H2,2-3H3;4-8H,1-3H3;3H,1-2H3;1-2H3. The molecule has 1 aromatic heterocycles. The molecule has 28 heavy (non-hydrogen) atoms. The number of aromatic nitrogens is 1. The van der Waals surface area contributed by atoms with Crippen molar-refractivity contribution in [1.29, 1.82) is 0 Å². The third-order valence-electron chi connectivity index (χ3n) is 3.51. The molecule has 3 nitrogen and oxygen atoms in total. The SMILES string of the molecule is C=C(C)c1ccc(C(C)=O)cn1.CC.CC(C)(C)c1ccccc1.CC=NC. The van der Waals surface area contributed by atoms with E-state index < -0.39 is 0 Å². The summed E-state index contributed by atoms with van der Waals surface area (Å²) in [4.78, 5) is 18.6. The summed E-state index contributed by atoms with van der Waals surface area (Å²) in [5, 5.41) is 0. The second kappa shape index (κ2) is 15.5. The van der Waals surface area contributed by atoms with E-state index >= 15 is 0 Å². The first-order valence-electron chi connectivity index (χ1n) is 9.68. The van der Waals surface area contributed by atoms with Gasteiger partial charge in [0.25, 0.3) is 0 Å². The van der Waals surface area contributed by atoms with Crippen molar-refractivity contribution in [3.8, 4) is 0 Å². The highest BCUT2D eigenvalue weighted by Crippen LogP contribution is 2.20. The molecule has 2 rings (SSSR count). The molecule has 0 unspecified atom stereocenters. The second-order valence-electron chi connectivity index (χ2n) is 6.90. The lowest BCUT2D eigenvalue weighted by atomic mass is 9.87. The lowest BCUT2D eigenvalue weighted by Crippen LogP contribution is -2.10. The van der Waals surface area contributed by atoms with Crippen molar-refractivity contribution < 1.29 is 4.79 Å². The van der Waals surface area contributed by atoms with Gasteiger partial charge in [0.1, 0.15) is 0 Å². The summed E-state index contributed by atoms with van der Waals surface area (Å²) in [5.74, 6) is 0.0377. The van der Waals surface area contributed by atoms with Gasteiger partial charge in [-0.05, 0) is 55.7 Å². The Bertz CT molecular complexity index is 657. The van der Waals surface area contributed by atoms with Crippen LogP contribution in [-0.2, 0) is 5.41 Å². The minimum Gasteiger partial charge on any atom is -0.301 e. The maximum atomic E-state index is 10.9. The van der Waals surface area contributed by atoms with Crippen LogP contribution in [0.15, 0.2) is 60.2 Å². The van der Waals surface area contributed by atoms with Crippen LogP contribution < -0.4 is 0 Å². The van der Waals surface area contributed by atoms with Crippen LogP contribution in [-0.4, -0.2) is 24.0 Å². The molecule has 0 aliphatic heterocycles. The van der Waals surface area contributed by atoms with Crippen LogP contribution in [0.2, 0.25) is 0 Å². The van der Waals surface area contributed by atoms with Crippen LogP contribution in [0, 0.1) is 0 Å². The van der Waals surface area contributed by atoms with Crippen molar-refractivity contribution in [2.45, 2.75) is 60.8 Å². The van der Waals surface area contributed by atoms with Gasteiger partial charge in [-0.15, -0.1) is 0 Å². The van der Waals surface area contributed by atoms with E-state index in [0.29, 0.717) is 11.0 Å². The molecule has 0 fully saturated rings. The fraction of sp³-hybridized carbons (Fsp3) is 0.400. The molecule has 0 N–H and O–H groups in total. The molecule has 0 saturated heterocycles. The highest BCUT2D eigenvalue weighted by molar-refractivity contribution is 5.93. The van der Waals surface area contributed by atoms with E-state index in [-0.39, 0.29) is 5.78 Å². The van der Waals surface area contributed by atoms with Crippen molar-refractivity contribution in [2.24, 2.45) is 4.99 Å². The number of rotatable bonds is 2. The first kappa shape index (κ1) is 27.7. The molecule has 1 aromatic carbocycles. The van der Waals surface area contributed by atoms with Gasteiger partial charge < -0.3 is 4.99 Å². The molecule has 0 aliphatic rings. The quantitative estimate of drug-likeness (QED) is 0.413. The number of hydrogen-bond acceptors (Lipinski definition) is 3. The van der Waals surface area contributed by atoms with Gasteiger partial charge in [0.05, 0.1) is 5.69 Å². The van der Waals surface area contributed by atoms with E-state index in [1.54, 1.807) is 31.6 Å². The molecule has 0 spiro atoms. The van der Waals surface area contributed by atoms with Gasteiger partial charge in [0, 0.05) is 18.8 Å². The molecular formula is C25H38N2O. The van der Waals surface area contributed by atoms with Gasteiger partial charge in [0.15, 0.2) is 5.78 Å². The van der Waals surface area contributed by atoms with Crippen molar-refractivity contribution in [3.05, 3.63) is 72.1 Å². The Morgan fingerprint density at radius 2 is 1.54 bits per heavy atom. The maximum Gasteiger partial charge on any atom is 0.161 e. The number of aliphatic imine (C=N–C) groups is 1.